The molecule has 9 heteroatoms. The zero-order chi connectivity index (χ0) is 15.6. The Kier molecular flexibility index (Phi) is 2.39. The van der Waals surface area contributed by atoms with E-state index in [0.717, 1.165) is 29.5 Å². The van der Waals surface area contributed by atoms with E-state index in [2.05, 4.69) is 10.2 Å². The van der Waals surface area contributed by atoms with Crippen LogP contribution in [0.2, 0.25) is 0 Å². The molecule has 22 heavy (non-hydrogen) atoms. The molecule has 0 bridgehead atoms. The highest BCUT2D eigenvalue weighted by molar-refractivity contribution is 6.04. The molecule has 1 aromatic carbocycles. The lowest BCUT2D eigenvalue weighted by atomic mass is 10.1. The van der Waals surface area contributed by atoms with Crippen molar-refractivity contribution in [3.63, 3.8) is 0 Å². The Morgan fingerprint density at radius 2 is 2.00 bits per heavy atom. The van der Waals surface area contributed by atoms with Gasteiger partial charge in [0.1, 0.15) is 16.9 Å². The Morgan fingerprint density at radius 3 is 2.64 bits per heavy atom. The summed E-state index contributed by atoms with van der Waals surface area (Å²) < 4.78 is 14.9. The lowest BCUT2D eigenvalue weighted by molar-refractivity contribution is -0.383. The lowest BCUT2D eigenvalue weighted by Gasteiger charge is -2.05. The first-order valence-electron chi connectivity index (χ1n) is 6.70. The lowest BCUT2D eigenvalue weighted by Crippen LogP contribution is -2.18. The van der Waals surface area contributed by atoms with Gasteiger partial charge < -0.3 is 4.57 Å². The highest BCUT2D eigenvalue weighted by Gasteiger charge is 2.28. The number of pyridine rings is 1. The van der Waals surface area contributed by atoms with Crippen molar-refractivity contribution in [2.24, 2.45) is 7.05 Å². The number of nitrogens with zero attached hydrogens (tertiary/aromatic N) is 5. The average molecular weight is 303 g/mol. The first-order chi connectivity index (χ1) is 10.5. The summed E-state index contributed by atoms with van der Waals surface area (Å²) in [4.78, 5) is 24.3. The van der Waals surface area contributed by atoms with Crippen LogP contribution in [0.5, 0.6) is 0 Å². The van der Waals surface area contributed by atoms with Gasteiger partial charge >= 0.3 is 0 Å². The molecule has 112 valence electrons. The molecule has 0 spiro atoms. The van der Waals surface area contributed by atoms with Gasteiger partial charge in [-0.3, -0.25) is 14.9 Å². The van der Waals surface area contributed by atoms with Crippen molar-refractivity contribution in [3.05, 3.63) is 38.4 Å². The van der Waals surface area contributed by atoms with E-state index in [-0.39, 0.29) is 28.0 Å². The van der Waals surface area contributed by atoms with E-state index in [9.17, 15) is 19.3 Å². The Balaban J connectivity index is 2.23. The topological polar surface area (TPSA) is 95.8 Å². The van der Waals surface area contributed by atoms with Crippen LogP contribution >= 0.6 is 0 Å². The number of aryl methyl sites for hydroxylation is 1. The first kappa shape index (κ1) is 12.9. The van der Waals surface area contributed by atoms with Gasteiger partial charge in [0.2, 0.25) is 0 Å². The molecule has 0 amide bonds. The molecule has 2 heterocycles. The molecular formula is C13H10FN5O3. The Hall–Kier alpha value is -2.84. The van der Waals surface area contributed by atoms with Crippen LogP contribution in [0, 0.1) is 15.9 Å². The van der Waals surface area contributed by atoms with Crippen LogP contribution in [0.1, 0.15) is 18.9 Å². The summed E-state index contributed by atoms with van der Waals surface area (Å²) in [6.45, 7) is 0. The van der Waals surface area contributed by atoms with E-state index in [1.54, 1.807) is 0 Å². The summed E-state index contributed by atoms with van der Waals surface area (Å²) in [7, 11) is 1.41. The molecule has 1 saturated carbocycles. The molecule has 0 atom stereocenters. The fourth-order valence-corrected chi connectivity index (χ4v) is 2.63. The maximum absolute atomic E-state index is 13.7. The monoisotopic (exact) mass is 303 g/mol. The van der Waals surface area contributed by atoms with Gasteiger partial charge in [-0.15, -0.1) is 5.10 Å². The molecule has 0 unspecified atom stereocenters. The van der Waals surface area contributed by atoms with Gasteiger partial charge in [0.25, 0.3) is 11.2 Å². The second-order valence-corrected chi connectivity index (χ2v) is 5.39. The molecule has 0 saturated heterocycles. The Labute approximate surface area is 121 Å². The normalized spacial score (nSPS) is 14.8. The van der Waals surface area contributed by atoms with Crippen molar-refractivity contribution >= 4 is 27.6 Å². The van der Waals surface area contributed by atoms with Crippen LogP contribution in [0.3, 0.4) is 0 Å². The highest BCUT2D eigenvalue weighted by Crippen LogP contribution is 2.35. The third kappa shape index (κ3) is 1.65. The summed E-state index contributed by atoms with van der Waals surface area (Å²) in [5, 5.41) is 19.8. The van der Waals surface area contributed by atoms with Crippen molar-refractivity contribution in [3.8, 4) is 0 Å². The van der Waals surface area contributed by atoms with Crippen molar-refractivity contribution in [1.29, 1.82) is 0 Å². The molecule has 2 aromatic heterocycles. The minimum absolute atomic E-state index is 0.0479. The van der Waals surface area contributed by atoms with Crippen LogP contribution < -0.4 is 5.56 Å². The fraction of sp³-hybridized carbons (Fsp3) is 0.308. The molecule has 1 aliphatic carbocycles. The van der Waals surface area contributed by atoms with Crippen LogP contribution in [0.4, 0.5) is 10.1 Å². The van der Waals surface area contributed by atoms with E-state index in [4.69, 9.17) is 0 Å². The van der Waals surface area contributed by atoms with Gasteiger partial charge in [0.15, 0.2) is 5.52 Å². The number of hydrogen-bond donors (Lipinski definition) is 0. The average Bonchev–Trinajstić information content (AvgIpc) is 3.22. The molecule has 0 N–H and O–H groups in total. The van der Waals surface area contributed by atoms with Crippen LogP contribution in [0.15, 0.2) is 16.9 Å². The fourth-order valence-electron chi connectivity index (χ4n) is 2.63. The number of aromatic nitrogens is 4. The molecular weight excluding hydrogens is 293 g/mol. The summed E-state index contributed by atoms with van der Waals surface area (Å²) in [5.74, 6) is -0.750. The first-order valence-corrected chi connectivity index (χ1v) is 6.70. The van der Waals surface area contributed by atoms with E-state index < -0.39 is 22.0 Å². The SMILES string of the molecule is Cn1c(=O)c2nn(C3CC3)nc2c2cc(F)cc([N+](=O)[O-])c21. The van der Waals surface area contributed by atoms with Gasteiger partial charge in [-0.1, -0.05) is 0 Å². The van der Waals surface area contributed by atoms with Crippen LogP contribution in [0.25, 0.3) is 21.9 Å². The zero-order valence-electron chi connectivity index (χ0n) is 11.5. The second-order valence-electron chi connectivity index (χ2n) is 5.39. The molecule has 0 radical (unpaired) electrons. The van der Waals surface area contributed by atoms with Crippen molar-refractivity contribution in [2.75, 3.05) is 0 Å². The summed E-state index contributed by atoms with van der Waals surface area (Å²) in [5.41, 5.74) is -0.595. The maximum Gasteiger partial charge on any atom is 0.296 e. The molecule has 1 fully saturated rings. The predicted molar refractivity (Wildman–Crippen MR) is 75.2 cm³/mol. The minimum atomic E-state index is -0.750. The van der Waals surface area contributed by atoms with Gasteiger partial charge in [-0.25, -0.2) is 4.39 Å². The van der Waals surface area contributed by atoms with Gasteiger partial charge in [-0.05, 0) is 18.9 Å². The molecule has 0 aliphatic heterocycles. The summed E-state index contributed by atoms with van der Waals surface area (Å²) in [6.07, 6.45) is 1.85. The number of fused-ring (bicyclic) bond motifs is 3. The number of halogens is 1. The predicted octanol–water partition coefficient (Wildman–Crippen LogP) is 1.67. The van der Waals surface area contributed by atoms with Gasteiger partial charge in [0.05, 0.1) is 17.0 Å². The van der Waals surface area contributed by atoms with Crippen LogP contribution in [-0.2, 0) is 7.05 Å². The third-order valence-corrected chi connectivity index (χ3v) is 3.85. The van der Waals surface area contributed by atoms with Gasteiger partial charge in [-0.2, -0.15) is 9.90 Å². The molecule has 4 rings (SSSR count). The number of benzene rings is 1. The Morgan fingerprint density at radius 1 is 1.32 bits per heavy atom. The number of nitro groups is 1. The maximum atomic E-state index is 13.7. The van der Waals surface area contributed by atoms with E-state index in [0.29, 0.717) is 0 Å². The van der Waals surface area contributed by atoms with E-state index >= 15 is 0 Å². The largest absolute Gasteiger partial charge is 0.303 e. The second kappa shape index (κ2) is 4.09. The number of hydrogen-bond acceptors (Lipinski definition) is 5. The summed E-state index contributed by atoms with van der Waals surface area (Å²) in [6, 6.07) is 2.10. The molecule has 1 aliphatic rings. The Bertz CT molecular complexity index is 1020. The standard InChI is InChI=1S/C13H10FN5O3/c1-17-12-8(4-6(14)5-9(12)19(21)22)10-11(13(17)20)16-18(15-10)7-2-3-7/h4-5,7H,2-3H2,1H3. The molecule has 8 nitrogen and oxygen atoms in total. The van der Waals surface area contributed by atoms with Crippen molar-refractivity contribution in [2.45, 2.75) is 18.9 Å². The van der Waals surface area contributed by atoms with Gasteiger partial charge in [0, 0.05) is 12.4 Å². The van der Waals surface area contributed by atoms with Crippen molar-refractivity contribution in [1.82, 2.24) is 19.6 Å². The number of nitro benzene ring substituents is 1. The zero-order valence-corrected chi connectivity index (χ0v) is 11.5. The summed E-state index contributed by atoms with van der Waals surface area (Å²) >= 11 is 0. The minimum Gasteiger partial charge on any atom is -0.303 e. The molecule has 3 aromatic rings. The van der Waals surface area contributed by atoms with E-state index in [1.807, 2.05) is 0 Å². The van der Waals surface area contributed by atoms with E-state index in [1.165, 1.54) is 11.8 Å². The third-order valence-electron chi connectivity index (χ3n) is 3.85. The number of rotatable bonds is 2. The quantitative estimate of drug-likeness (QED) is 0.530. The van der Waals surface area contributed by atoms with Crippen LogP contribution in [-0.4, -0.2) is 24.5 Å². The smallest absolute Gasteiger partial charge is 0.296 e. The van der Waals surface area contributed by atoms with Crippen molar-refractivity contribution < 1.29 is 9.31 Å². The number of non-ortho nitro benzene ring substituents is 1. The highest BCUT2D eigenvalue weighted by atomic mass is 19.1.